The number of para-hydroxylation sites is 1. The molecule has 1 aromatic carbocycles. The molecule has 4 aromatic rings. The number of rotatable bonds is 3. The van der Waals surface area contributed by atoms with Gasteiger partial charge in [-0.2, -0.15) is 0 Å². The van der Waals surface area contributed by atoms with Crippen molar-refractivity contribution in [3.8, 4) is 17.1 Å². The van der Waals surface area contributed by atoms with Crippen LogP contribution in [0.4, 0.5) is 0 Å². The number of hydrogen-bond acceptors (Lipinski definition) is 4. The molecule has 3 aromatic heterocycles. The average molecular weight is 371 g/mol. The van der Waals surface area contributed by atoms with E-state index in [9.17, 15) is 4.79 Å². The van der Waals surface area contributed by atoms with E-state index in [2.05, 4.69) is 15.7 Å². The molecule has 114 valence electrons. The molecule has 0 radical (unpaired) electrons. The fraction of sp³-hybridized carbons (Fsp3) is 0.0588. The quantitative estimate of drug-likeness (QED) is 0.410. The number of carbonyl (C=O) groups excluding carboxylic acids is 1. The SMILES string of the molecule is COC(=O)c1ccc(-c2nn(-c3ccccc3)c3cc[se]c23)o1. The predicted molar refractivity (Wildman–Crippen MR) is 87.1 cm³/mol. The summed E-state index contributed by atoms with van der Waals surface area (Å²) in [6.45, 7) is 0. The van der Waals surface area contributed by atoms with E-state index in [4.69, 9.17) is 9.52 Å². The summed E-state index contributed by atoms with van der Waals surface area (Å²) < 4.78 is 13.4. The van der Waals surface area contributed by atoms with Crippen LogP contribution in [0.2, 0.25) is 0 Å². The Hall–Kier alpha value is -2.56. The first-order valence-corrected chi connectivity index (χ1v) is 8.82. The Morgan fingerprint density at radius 3 is 2.78 bits per heavy atom. The molecule has 0 spiro atoms. The van der Waals surface area contributed by atoms with Crippen molar-refractivity contribution in [1.82, 2.24) is 9.78 Å². The van der Waals surface area contributed by atoms with Gasteiger partial charge >= 0.3 is 137 Å². The van der Waals surface area contributed by atoms with E-state index in [1.165, 1.54) is 7.11 Å². The summed E-state index contributed by atoms with van der Waals surface area (Å²) in [7, 11) is 1.33. The van der Waals surface area contributed by atoms with Crippen LogP contribution in [0.25, 0.3) is 26.9 Å². The second kappa shape index (κ2) is 5.57. The molecule has 0 N–H and O–H groups in total. The van der Waals surface area contributed by atoms with Crippen molar-refractivity contribution in [3.05, 3.63) is 59.2 Å². The van der Waals surface area contributed by atoms with Gasteiger partial charge in [0, 0.05) is 0 Å². The van der Waals surface area contributed by atoms with Gasteiger partial charge in [-0.1, -0.05) is 0 Å². The number of esters is 1. The molecular formula is C17H12N2O3Se. The topological polar surface area (TPSA) is 57.3 Å². The minimum atomic E-state index is -0.487. The molecule has 0 atom stereocenters. The van der Waals surface area contributed by atoms with Crippen LogP contribution in [0.5, 0.6) is 0 Å². The van der Waals surface area contributed by atoms with Gasteiger partial charge in [-0.15, -0.1) is 0 Å². The van der Waals surface area contributed by atoms with Crippen molar-refractivity contribution in [3.63, 3.8) is 0 Å². The third kappa shape index (κ3) is 2.32. The van der Waals surface area contributed by atoms with Crippen molar-refractivity contribution in [2.24, 2.45) is 0 Å². The van der Waals surface area contributed by atoms with Gasteiger partial charge in [-0.05, 0) is 0 Å². The van der Waals surface area contributed by atoms with E-state index in [1.54, 1.807) is 12.1 Å². The molecule has 23 heavy (non-hydrogen) atoms. The monoisotopic (exact) mass is 372 g/mol. The third-order valence-corrected chi connectivity index (χ3v) is 5.42. The third-order valence-electron chi connectivity index (χ3n) is 3.51. The summed E-state index contributed by atoms with van der Waals surface area (Å²) >= 11 is 0.204. The van der Waals surface area contributed by atoms with Crippen LogP contribution in [0.15, 0.2) is 57.9 Å². The molecule has 0 amide bonds. The maximum absolute atomic E-state index is 11.6. The Morgan fingerprint density at radius 1 is 1.17 bits per heavy atom. The first kappa shape index (κ1) is 14.1. The zero-order chi connectivity index (χ0) is 15.8. The number of hydrogen-bond donors (Lipinski definition) is 0. The normalized spacial score (nSPS) is 11.0. The average Bonchev–Trinajstić information content (AvgIpc) is 3.30. The van der Waals surface area contributed by atoms with Crippen LogP contribution >= 0.6 is 0 Å². The van der Waals surface area contributed by atoms with Crippen molar-refractivity contribution in [2.45, 2.75) is 0 Å². The number of benzene rings is 1. The molecule has 0 fully saturated rings. The van der Waals surface area contributed by atoms with E-state index >= 15 is 0 Å². The molecule has 0 saturated carbocycles. The molecule has 5 nitrogen and oxygen atoms in total. The van der Waals surface area contributed by atoms with Crippen molar-refractivity contribution in [1.29, 1.82) is 0 Å². The summed E-state index contributed by atoms with van der Waals surface area (Å²) in [6, 6.07) is 15.4. The number of fused-ring (bicyclic) bond motifs is 1. The van der Waals surface area contributed by atoms with E-state index < -0.39 is 5.97 Å². The fourth-order valence-corrected chi connectivity index (χ4v) is 4.26. The number of aromatic nitrogens is 2. The summed E-state index contributed by atoms with van der Waals surface area (Å²) in [5, 5.41) is 4.71. The van der Waals surface area contributed by atoms with Gasteiger partial charge in [-0.3, -0.25) is 0 Å². The van der Waals surface area contributed by atoms with Crippen LogP contribution in [0.3, 0.4) is 0 Å². The summed E-state index contributed by atoms with van der Waals surface area (Å²) in [5.74, 6) is 0.282. The molecule has 0 saturated heterocycles. The van der Waals surface area contributed by atoms with Gasteiger partial charge in [-0.25, -0.2) is 0 Å². The molecule has 3 heterocycles. The second-order valence-electron chi connectivity index (χ2n) is 4.89. The zero-order valence-corrected chi connectivity index (χ0v) is 13.9. The van der Waals surface area contributed by atoms with Gasteiger partial charge in [0.2, 0.25) is 0 Å². The molecule has 0 aliphatic carbocycles. The Morgan fingerprint density at radius 2 is 2.00 bits per heavy atom. The van der Waals surface area contributed by atoms with Crippen molar-refractivity contribution >= 4 is 30.2 Å². The van der Waals surface area contributed by atoms with Gasteiger partial charge in [0.1, 0.15) is 0 Å². The first-order valence-electron chi connectivity index (χ1n) is 6.98. The Kier molecular flexibility index (Phi) is 3.41. The van der Waals surface area contributed by atoms with Crippen molar-refractivity contribution in [2.75, 3.05) is 7.11 Å². The van der Waals surface area contributed by atoms with Gasteiger partial charge in [0.25, 0.3) is 0 Å². The Bertz CT molecular complexity index is 982. The molecule has 0 aliphatic rings. The standard InChI is InChI=1S/C17H12N2O3Se/c1-21-17(20)14-8-7-13(22-14)15-16-12(9-10-23-16)19(18-15)11-5-3-2-4-6-11/h2-10H,1H3. The maximum atomic E-state index is 11.6. The van der Waals surface area contributed by atoms with E-state index in [0.717, 1.165) is 21.2 Å². The molecule has 0 unspecified atom stereocenters. The summed E-state index contributed by atoms with van der Waals surface area (Å²) in [6.07, 6.45) is 0. The van der Waals surface area contributed by atoms with Crippen LogP contribution in [-0.4, -0.2) is 37.4 Å². The van der Waals surface area contributed by atoms with Crippen molar-refractivity contribution < 1.29 is 13.9 Å². The first-order chi connectivity index (χ1) is 11.3. The number of nitrogens with zero attached hydrogens (tertiary/aromatic N) is 2. The van der Waals surface area contributed by atoms with E-state index in [1.807, 2.05) is 35.0 Å². The minimum absolute atomic E-state index is 0.184. The molecule has 4 rings (SSSR count). The number of methoxy groups -OCH3 is 1. The molecule has 0 bridgehead atoms. The summed E-state index contributed by atoms with van der Waals surface area (Å²) in [5.41, 5.74) is 2.85. The van der Waals surface area contributed by atoms with Gasteiger partial charge in [0.05, 0.1) is 0 Å². The molecule has 0 aliphatic heterocycles. The van der Waals surface area contributed by atoms with Crippen LogP contribution < -0.4 is 0 Å². The predicted octanol–water partition coefficient (Wildman–Crippen LogP) is 3.13. The van der Waals surface area contributed by atoms with E-state index in [-0.39, 0.29) is 20.3 Å². The zero-order valence-electron chi connectivity index (χ0n) is 12.2. The van der Waals surface area contributed by atoms with Crippen LogP contribution in [0, 0.1) is 0 Å². The summed E-state index contributed by atoms with van der Waals surface area (Å²) in [4.78, 5) is 13.7. The van der Waals surface area contributed by atoms with E-state index in [0.29, 0.717) is 5.76 Å². The molecular weight excluding hydrogens is 359 g/mol. The second-order valence-corrected chi connectivity index (χ2v) is 6.81. The van der Waals surface area contributed by atoms with Gasteiger partial charge in [0.15, 0.2) is 0 Å². The van der Waals surface area contributed by atoms with Gasteiger partial charge < -0.3 is 0 Å². The van der Waals surface area contributed by atoms with Crippen LogP contribution in [0.1, 0.15) is 10.6 Å². The fourth-order valence-electron chi connectivity index (χ4n) is 2.45. The Balaban J connectivity index is 1.87. The van der Waals surface area contributed by atoms with Crippen LogP contribution in [-0.2, 0) is 4.74 Å². The number of furan rings is 1. The molecule has 6 heteroatoms. The number of carbonyl (C=O) groups is 1. The Labute approximate surface area is 137 Å². The number of ether oxygens (including phenoxy) is 1.